The van der Waals surface area contributed by atoms with E-state index in [2.05, 4.69) is 88.1 Å². The molecule has 0 aromatic carbocycles. The van der Waals surface area contributed by atoms with Crippen molar-refractivity contribution in [2.75, 3.05) is 0 Å². The van der Waals surface area contributed by atoms with Crippen LogP contribution in [-0.2, 0) is 9.59 Å². The average Bonchev–Trinajstić information content (AvgIpc) is 2.61. The van der Waals surface area contributed by atoms with Crippen molar-refractivity contribution < 1.29 is 19.8 Å². The van der Waals surface area contributed by atoms with Crippen LogP contribution < -0.4 is 10.2 Å². The Morgan fingerprint density at radius 1 is 0.677 bits per heavy atom. The molecular weight excluding hydrogens is 575 g/mol. The Labute approximate surface area is 223 Å². The van der Waals surface area contributed by atoms with Gasteiger partial charge in [-0.25, -0.2) is 0 Å². The van der Waals surface area contributed by atoms with E-state index in [0.29, 0.717) is 24.7 Å². The van der Waals surface area contributed by atoms with E-state index in [-0.39, 0.29) is 21.1 Å². The van der Waals surface area contributed by atoms with Gasteiger partial charge in [-0.1, -0.05) is 79.1 Å². The van der Waals surface area contributed by atoms with Crippen LogP contribution in [0.3, 0.4) is 0 Å². The quantitative estimate of drug-likeness (QED) is 0.0994. The normalized spacial score (nSPS) is 11.2. The Kier molecular flexibility index (Phi) is 25.6. The second-order valence-corrected chi connectivity index (χ2v) is 15.3. The van der Waals surface area contributed by atoms with Gasteiger partial charge >= 0.3 is 31.0 Å². The van der Waals surface area contributed by atoms with Gasteiger partial charge < -0.3 is 19.8 Å². The maximum atomic E-state index is 10.5. The molecular formula is C22H44O4S4Sn. The van der Waals surface area contributed by atoms with Crippen molar-refractivity contribution in [2.45, 2.75) is 110 Å². The van der Waals surface area contributed by atoms with E-state index < -0.39 is 20.1 Å². The summed E-state index contributed by atoms with van der Waals surface area (Å²) in [4.78, 5) is 25.6. The van der Waals surface area contributed by atoms with Crippen molar-refractivity contribution in [3.63, 3.8) is 0 Å². The van der Waals surface area contributed by atoms with Crippen LogP contribution in [0.4, 0.5) is 0 Å². The number of carboxylic acids is 2. The van der Waals surface area contributed by atoms with E-state index in [1.54, 1.807) is 0 Å². The number of carbonyl (C=O) groups is 2. The third kappa shape index (κ3) is 27.3. The number of hydrogen-bond donors (Lipinski definition) is 4. The fourth-order valence-corrected chi connectivity index (χ4v) is 3.04. The van der Waals surface area contributed by atoms with Crippen LogP contribution in [0.25, 0.3) is 0 Å². The van der Waals surface area contributed by atoms with Gasteiger partial charge in [0.05, 0.1) is 20.1 Å². The first-order chi connectivity index (χ1) is 14.1. The van der Waals surface area contributed by atoms with Crippen LogP contribution in [0.2, 0.25) is 9.88 Å². The first-order valence-electron chi connectivity index (χ1n) is 11.0. The molecule has 0 spiro atoms. The van der Waals surface area contributed by atoms with Crippen LogP contribution in [0.1, 0.15) is 91.9 Å². The standard InChI is InChI=1S/2C10H20O2S2.2CH3.Sn/c2*1-8(2)6-4-3-5-7-10(13,14)9(11)12;;;/h2*8,13-14H,3-7H2,1-2H3,(H,11,12);2*1H3;/q;;;;+2/p-2. The number of unbranched alkanes of at least 4 members (excludes halogenated alkanes) is 4. The molecule has 0 radical (unpaired) electrons. The second kappa shape index (κ2) is 21.7. The van der Waals surface area contributed by atoms with Crippen LogP contribution >= 0.6 is 50.5 Å². The molecule has 0 amide bonds. The van der Waals surface area contributed by atoms with E-state index in [1.165, 1.54) is 12.8 Å². The fraction of sp³-hybridized carbons (Fsp3) is 0.909. The first kappa shape index (κ1) is 36.7. The summed E-state index contributed by atoms with van der Waals surface area (Å²) in [5.41, 5.74) is 0. The minimum absolute atomic E-state index is 0.230. The predicted molar refractivity (Wildman–Crippen MR) is 145 cm³/mol. The molecule has 0 saturated heterocycles. The molecule has 0 aromatic heterocycles. The summed E-state index contributed by atoms with van der Waals surface area (Å²) in [5.74, 6) is -0.971. The van der Waals surface area contributed by atoms with Gasteiger partial charge in [0.15, 0.2) is 0 Å². The zero-order valence-corrected chi connectivity index (χ0v) is 26.6. The van der Waals surface area contributed by atoms with Gasteiger partial charge in [-0.05, 0) is 24.7 Å². The summed E-state index contributed by atoms with van der Waals surface area (Å²) in [6, 6.07) is 0. The molecule has 184 valence electrons. The van der Waals surface area contributed by atoms with Crippen molar-refractivity contribution >= 4 is 83.6 Å². The van der Waals surface area contributed by atoms with Crippen LogP contribution in [-0.4, -0.2) is 41.2 Å². The minimum atomic E-state index is -1.27. The Morgan fingerprint density at radius 2 is 0.935 bits per heavy atom. The third-order valence-corrected chi connectivity index (χ3v) is 5.89. The Bertz CT molecular complexity index is 419. The molecule has 9 heteroatoms. The number of carboxylic acid groups (broad SMARTS) is 2. The molecule has 0 aromatic rings. The molecule has 4 nitrogen and oxygen atoms in total. The predicted octanol–water partition coefficient (Wildman–Crippen LogP) is 4.58. The van der Waals surface area contributed by atoms with E-state index in [9.17, 15) is 19.8 Å². The van der Waals surface area contributed by atoms with Gasteiger partial charge in [0, 0.05) is 0 Å². The average molecular weight is 620 g/mol. The summed E-state index contributed by atoms with van der Waals surface area (Å²) in [5, 5.41) is 21.1. The zero-order valence-electron chi connectivity index (χ0n) is 20.1. The van der Waals surface area contributed by atoms with Crippen LogP contribution in [0.5, 0.6) is 0 Å². The summed E-state index contributed by atoms with van der Waals surface area (Å²) < 4.78 is -2.53. The van der Waals surface area contributed by atoms with Crippen molar-refractivity contribution in [1.29, 1.82) is 0 Å². The SMILES string of the molecule is CC(C)CCCCCC(S)(S)C(=O)[O-].CC(C)CCCCCC(S)(S)C(=O)[O-].[CH3][Sn+2][CH3]. The monoisotopic (exact) mass is 620 g/mol. The van der Waals surface area contributed by atoms with E-state index in [1.807, 2.05) is 0 Å². The topological polar surface area (TPSA) is 80.3 Å². The van der Waals surface area contributed by atoms with Crippen molar-refractivity contribution in [3.8, 4) is 0 Å². The molecule has 0 fully saturated rings. The third-order valence-electron chi connectivity index (χ3n) is 4.27. The summed E-state index contributed by atoms with van der Waals surface area (Å²) >= 11 is 15.9. The van der Waals surface area contributed by atoms with Gasteiger partial charge in [-0.15, -0.1) is 0 Å². The van der Waals surface area contributed by atoms with E-state index in [0.717, 1.165) is 38.5 Å². The van der Waals surface area contributed by atoms with Gasteiger partial charge in [0.1, 0.15) is 0 Å². The fourth-order valence-electron chi connectivity index (χ4n) is 2.41. The number of aliphatic carboxylic acids is 2. The summed E-state index contributed by atoms with van der Waals surface area (Å²) in [6.45, 7) is 8.73. The van der Waals surface area contributed by atoms with Gasteiger partial charge in [-0.3, -0.25) is 0 Å². The number of carbonyl (C=O) groups excluding carboxylic acids is 2. The molecule has 0 aliphatic carbocycles. The molecule has 0 atom stereocenters. The van der Waals surface area contributed by atoms with Gasteiger partial charge in [-0.2, -0.15) is 50.5 Å². The molecule has 0 N–H and O–H groups in total. The van der Waals surface area contributed by atoms with E-state index >= 15 is 0 Å². The Hall–Kier alpha value is 1.14. The van der Waals surface area contributed by atoms with Gasteiger partial charge in [0.2, 0.25) is 0 Å². The Morgan fingerprint density at radius 3 is 1.13 bits per heavy atom. The number of thiol groups is 4. The molecule has 0 heterocycles. The molecule has 0 saturated carbocycles. The van der Waals surface area contributed by atoms with Crippen molar-refractivity contribution in [3.05, 3.63) is 0 Å². The molecule has 0 rings (SSSR count). The molecule has 0 aliphatic heterocycles. The van der Waals surface area contributed by atoms with Crippen LogP contribution in [0, 0.1) is 11.8 Å². The molecule has 0 unspecified atom stereocenters. The van der Waals surface area contributed by atoms with Gasteiger partial charge in [0.25, 0.3) is 0 Å². The Balaban J connectivity index is -0.000000448. The maximum absolute atomic E-state index is 10.5. The second-order valence-electron chi connectivity index (χ2n) is 8.69. The molecule has 0 bridgehead atoms. The number of rotatable bonds is 14. The van der Waals surface area contributed by atoms with E-state index in [4.69, 9.17) is 0 Å². The molecule has 31 heavy (non-hydrogen) atoms. The summed E-state index contributed by atoms with van der Waals surface area (Å²) in [7, 11) is 0. The first-order valence-corrected chi connectivity index (χ1v) is 18.5. The van der Waals surface area contributed by atoms with Crippen molar-refractivity contribution in [2.24, 2.45) is 11.8 Å². The summed E-state index contributed by atoms with van der Waals surface area (Å²) in [6.07, 6.45) is 9.34. The van der Waals surface area contributed by atoms with Crippen LogP contribution in [0.15, 0.2) is 0 Å². The zero-order chi connectivity index (χ0) is 25.1. The number of hydrogen-bond acceptors (Lipinski definition) is 8. The molecule has 0 aliphatic rings. The van der Waals surface area contributed by atoms with Crippen molar-refractivity contribution in [1.82, 2.24) is 0 Å².